The number of nitrogen functional groups attached to an aromatic ring is 1. The first-order chi connectivity index (χ1) is 21.9. The summed E-state index contributed by atoms with van der Waals surface area (Å²) in [5.74, 6) is -0.421. The highest BCUT2D eigenvalue weighted by Gasteiger charge is 2.64. The number of hydrogen-bond acceptors (Lipinski definition) is 8. The Balaban J connectivity index is 0.00000235. The van der Waals surface area contributed by atoms with Crippen molar-refractivity contribution >= 4 is 18.3 Å². The van der Waals surface area contributed by atoms with E-state index in [1.54, 1.807) is 38.1 Å². The lowest BCUT2D eigenvalue weighted by Crippen LogP contribution is -2.56. The minimum Gasteiger partial charge on any atom is -0.398 e. The van der Waals surface area contributed by atoms with E-state index in [0.717, 1.165) is 24.0 Å². The van der Waals surface area contributed by atoms with Gasteiger partial charge < -0.3 is 30.9 Å². The molecule has 250 valence electrons. The molecule has 1 aromatic rings. The minimum atomic E-state index is -0.622. The molecule has 0 bridgehead atoms. The fourth-order valence-corrected chi connectivity index (χ4v) is 8.90. The van der Waals surface area contributed by atoms with E-state index in [2.05, 4.69) is 25.7 Å². The first-order valence-corrected chi connectivity index (χ1v) is 16.1. The number of benzene rings is 1. The molecule has 0 amide bonds. The van der Waals surface area contributed by atoms with Crippen LogP contribution >= 0.6 is 0 Å². The molecule has 0 heterocycles. The van der Waals surface area contributed by atoms with Gasteiger partial charge in [0.25, 0.3) is 0 Å². The van der Waals surface area contributed by atoms with Gasteiger partial charge in [0.05, 0.1) is 11.8 Å². The molecule has 46 heavy (non-hydrogen) atoms. The molecule has 0 radical (unpaired) electrons. The maximum Gasteiger partial charge on any atom is 0.205 e. The Labute approximate surface area is 271 Å². The van der Waals surface area contributed by atoms with Crippen molar-refractivity contribution in [1.29, 1.82) is 0 Å². The molecule has 0 aliphatic heterocycles. The predicted octanol–water partition coefficient (Wildman–Crippen LogP) is 6.04. The van der Waals surface area contributed by atoms with Crippen LogP contribution < -0.4 is 11.1 Å². The smallest absolute Gasteiger partial charge is 0.205 e. The molecule has 4 aliphatic carbocycles. The highest BCUT2D eigenvalue weighted by atomic mass is 19.1. The molecule has 0 aromatic heterocycles. The summed E-state index contributed by atoms with van der Waals surface area (Å²) in [4.78, 5) is 32.1. The zero-order chi connectivity index (χ0) is 33.8. The summed E-state index contributed by atoms with van der Waals surface area (Å²) in [5.41, 5.74) is 8.55. The molecule has 7 unspecified atom stereocenters. The predicted molar refractivity (Wildman–Crippen MR) is 176 cm³/mol. The van der Waals surface area contributed by atoms with Crippen molar-refractivity contribution in [2.45, 2.75) is 78.6 Å². The number of rotatable bonds is 10. The maximum atomic E-state index is 15.9. The van der Waals surface area contributed by atoms with E-state index in [1.165, 1.54) is 0 Å². The number of para-hydroxylation sites is 1. The second-order valence-electron chi connectivity index (χ2n) is 13.6. The zero-order valence-electron chi connectivity index (χ0n) is 27.4. The number of allylic oxidation sites excluding steroid dienone is 7. The standard InChI is InChI=1S/C36H47FN2O5.CH2O/c1-6-29(39-20-22-9-7-8-10-28(22)38)33(37)34(21(2)3)44-43-31-18-27-25-12-11-23-17-24(41)13-15-35(23,4)32(25)30(42)19-36(27,5)26(31)14-16-40;1-2/h6-10,13,15,17,25-27,30-32,39-40,42H,2,11-12,14,16,18-20,38H2,1,3-5H3;1H2/b29-6+,34-33-;/t25?,26?,27?,30?,31-,32?,35?,36?;/m1./s1. The van der Waals surface area contributed by atoms with Crippen molar-refractivity contribution in [3.63, 3.8) is 0 Å². The minimum absolute atomic E-state index is 0.00891. The maximum absolute atomic E-state index is 15.9. The number of fused-ring (bicyclic) bond motifs is 5. The second kappa shape index (κ2) is 14.5. The van der Waals surface area contributed by atoms with Gasteiger partial charge in [-0.3, -0.25) is 4.79 Å². The summed E-state index contributed by atoms with van der Waals surface area (Å²) in [5, 5.41) is 24.9. The summed E-state index contributed by atoms with van der Waals surface area (Å²) in [7, 11) is 0. The van der Waals surface area contributed by atoms with E-state index in [9.17, 15) is 15.0 Å². The Morgan fingerprint density at radius 2 is 1.98 bits per heavy atom. The van der Waals surface area contributed by atoms with Gasteiger partial charge in [-0.25, -0.2) is 4.39 Å². The fraction of sp³-hybridized carbons (Fsp3) is 0.514. The lowest BCUT2D eigenvalue weighted by molar-refractivity contribution is -0.304. The largest absolute Gasteiger partial charge is 0.398 e. The Kier molecular flexibility index (Phi) is 11.1. The van der Waals surface area contributed by atoms with Gasteiger partial charge in [-0.2, -0.15) is 4.89 Å². The average molecular weight is 637 g/mol. The number of carbonyl (C=O) groups excluding carboxylic acids is 2. The summed E-state index contributed by atoms with van der Waals surface area (Å²) < 4.78 is 15.9. The van der Waals surface area contributed by atoms with Crippen LogP contribution in [0.1, 0.15) is 65.4 Å². The number of aliphatic hydroxyl groups excluding tert-OH is 2. The topological polar surface area (TPSA) is 131 Å². The van der Waals surface area contributed by atoms with Crippen molar-refractivity contribution in [2.24, 2.45) is 34.5 Å². The van der Waals surface area contributed by atoms with E-state index in [1.807, 2.05) is 31.1 Å². The second-order valence-corrected chi connectivity index (χ2v) is 13.6. The number of nitrogens with two attached hydrogens (primary N) is 1. The molecule has 8 atom stereocenters. The van der Waals surface area contributed by atoms with E-state index in [0.29, 0.717) is 37.1 Å². The molecular formula is C37H49FN2O6. The molecule has 9 heteroatoms. The molecule has 5 N–H and O–H groups in total. The number of carbonyl (C=O) groups is 2. The molecule has 0 spiro atoms. The van der Waals surface area contributed by atoms with Crippen molar-refractivity contribution in [2.75, 3.05) is 12.3 Å². The molecule has 8 nitrogen and oxygen atoms in total. The third-order valence-electron chi connectivity index (χ3n) is 11.0. The van der Waals surface area contributed by atoms with Crippen LogP contribution in [-0.2, 0) is 25.9 Å². The highest BCUT2D eigenvalue weighted by Crippen LogP contribution is 2.66. The fourth-order valence-electron chi connectivity index (χ4n) is 8.90. The van der Waals surface area contributed by atoms with Gasteiger partial charge in [-0.05, 0) is 98.5 Å². The van der Waals surface area contributed by atoms with Gasteiger partial charge in [0, 0.05) is 30.2 Å². The zero-order valence-corrected chi connectivity index (χ0v) is 27.4. The molecule has 1 aromatic carbocycles. The Hall–Kier alpha value is -3.53. The van der Waals surface area contributed by atoms with Crippen molar-refractivity contribution < 1.29 is 34.0 Å². The van der Waals surface area contributed by atoms with E-state index >= 15 is 4.39 Å². The van der Waals surface area contributed by atoms with E-state index in [4.69, 9.17) is 20.3 Å². The lowest BCUT2D eigenvalue weighted by atomic mass is 9.47. The van der Waals surface area contributed by atoms with Crippen molar-refractivity contribution in [3.05, 3.63) is 89.1 Å². The first kappa shape index (κ1) is 35.3. The SMILES string of the molecule is C=C(C)/C(OO[C@@H]1CC2C3CCC4=CC(=O)C=CC4(C)C3C(O)CC2(C)C1CCO)=C(F)\C(=C/C)NCc1ccccc1N.C=O. The average Bonchev–Trinajstić information content (AvgIpc) is 3.30. The lowest BCUT2D eigenvalue weighted by Gasteiger charge is -2.58. The Bertz CT molecular complexity index is 1430. The van der Waals surface area contributed by atoms with Crippen LogP contribution in [0.15, 0.2) is 83.6 Å². The normalized spacial score (nSPS) is 33.8. The number of nitrogens with one attached hydrogen (secondary N) is 1. The van der Waals surface area contributed by atoms with Gasteiger partial charge in [0.2, 0.25) is 5.76 Å². The molecule has 0 saturated heterocycles. The van der Waals surface area contributed by atoms with Crippen LogP contribution in [0.5, 0.6) is 0 Å². The summed E-state index contributed by atoms with van der Waals surface area (Å²) in [6.07, 6.45) is 9.41. The van der Waals surface area contributed by atoms with Gasteiger partial charge in [0.1, 0.15) is 12.9 Å². The number of aliphatic hydroxyl groups is 2. The molecule has 3 saturated carbocycles. The molecule has 5 rings (SSSR count). The molecule has 4 aliphatic rings. The number of hydrogen-bond donors (Lipinski definition) is 4. The Morgan fingerprint density at radius 1 is 1.26 bits per heavy atom. The monoisotopic (exact) mass is 636 g/mol. The number of ketones is 1. The van der Waals surface area contributed by atoms with Crippen LogP contribution in [0, 0.1) is 34.5 Å². The molecular weight excluding hydrogens is 587 g/mol. The summed E-state index contributed by atoms with van der Waals surface area (Å²) in [6.45, 7) is 14.0. The third kappa shape index (κ3) is 6.50. The van der Waals surface area contributed by atoms with Crippen molar-refractivity contribution in [1.82, 2.24) is 5.32 Å². The number of halogens is 1. The van der Waals surface area contributed by atoms with Gasteiger partial charge >= 0.3 is 0 Å². The summed E-state index contributed by atoms with van der Waals surface area (Å²) >= 11 is 0. The van der Waals surface area contributed by atoms with Crippen LogP contribution in [0.2, 0.25) is 0 Å². The third-order valence-corrected chi connectivity index (χ3v) is 11.0. The number of anilines is 1. The van der Waals surface area contributed by atoms with E-state index in [-0.39, 0.29) is 58.3 Å². The van der Waals surface area contributed by atoms with Gasteiger partial charge in [-0.15, -0.1) is 0 Å². The first-order valence-electron chi connectivity index (χ1n) is 16.1. The quantitative estimate of drug-likeness (QED) is 0.0804. The van der Waals surface area contributed by atoms with Crippen LogP contribution in [0.25, 0.3) is 0 Å². The van der Waals surface area contributed by atoms with Crippen LogP contribution in [-0.4, -0.2) is 41.6 Å². The van der Waals surface area contributed by atoms with Gasteiger partial charge in [0.15, 0.2) is 11.6 Å². The van der Waals surface area contributed by atoms with Crippen LogP contribution in [0.4, 0.5) is 10.1 Å². The Morgan fingerprint density at radius 3 is 2.63 bits per heavy atom. The van der Waals surface area contributed by atoms with Crippen molar-refractivity contribution in [3.8, 4) is 0 Å². The van der Waals surface area contributed by atoms with Gasteiger partial charge in [-0.1, -0.05) is 56.4 Å². The van der Waals surface area contributed by atoms with E-state index < -0.39 is 18.0 Å². The summed E-state index contributed by atoms with van der Waals surface area (Å²) in [6, 6.07) is 7.41. The van der Waals surface area contributed by atoms with Crippen LogP contribution in [0.3, 0.4) is 0 Å². The molecule has 3 fully saturated rings. The highest BCUT2D eigenvalue weighted by molar-refractivity contribution is 6.01.